The summed E-state index contributed by atoms with van der Waals surface area (Å²) >= 11 is 1.43. The maximum atomic E-state index is 12.6. The maximum Gasteiger partial charge on any atom is 0.286 e. The fourth-order valence-corrected chi connectivity index (χ4v) is 3.72. The Morgan fingerprint density at radius 1 is 1.34 bits per heavy atom. The standard InChI is InChI=1S/C20H23N3O5S/c1-27-18-9-16(20(24)21-8-7-14-5-3-2-4-6-14)17(23(25)26)10-19(18)28-11-15-12-29-13-22-15/h5,9-10,12-13H,2-4,6-8,11H2,1H3,(H,21,24). The Morgan fingerprint density at radius 3 is 2.86 bits per heavy atom. The topological polar surface area (TPSA) is 104 Å². The van der Waals surface area contributed by atoms with Crippen molar-refractivity contribution in [3.8, 4) is 11.5 Å². The van der Waals surface area contributed by atoms with Gasteiger partial charge in [-0.15, -0.1) is 11.3 Å². The normalized spacial score (nSPS) is 13.5. The summed E-state index contributed by atoms with van der Waals surface area (Å²) < 4.78 is 10.9. The van der Waals surface area contributed by atoms with E-state index >= 15 is 0 Å². The zero-order valence-corrected chi connectivity index (χ0v) is 17.0. The Kier molecular flexibility index (Phi) is 7.18. The van der Waals surface area contributed by atoms with Gasteiger partial charge in [0.1, 0.15) is 12.2 Å². The number of nitro groups is 1. The van der Waals surface area contributed by atoms with E-state index in [0.29, 0.717) is 12.2 Å². The number of benzene rings is 1. The molecule has 0 unspecified atom stereocenters. The van der Waals surface area contributed by atoms with E-state index in [4.69, 9.17) is 9.47 Å². The molecule has 1 aliphatic carbocycles. The summed E-state index contributed by atoms with van der Waals surface area (Å²) in [5.74, 6) is -0.0560. The number of methoxy groups -OCH3 is 1. The predicted molar refractivity (Wildman–Crippen MR) is 110 cm³/mol. The minimum atomic E-state index is -0.590. The lowest BCUT2D eigenvalue weighted by Crippen LogP contribution is -2.25. The van der Waals surface area contributed by atoms with Crippen molar-refractivity contribution >= 4 is 22.9 Å². The zero-order valence-electron chi connectivity index (χ0n) is 16.2. The molecule has 0 atom stereocenters. The molecule has 0 saturated heterocycles. The summed E-state index contributed by atoms with van der Waals surface area (Å²) in [7, 11) is 1.42. The number of rotatable bonds is 9. The molecule has 0 spiro atoms. The number of hydrogen-bond acceptors (Lipinski definition) is 7. The molecule has 3 rings (SSSR count). The van der Waals surface area contributed by atoms with E-state index in [2.05, 4.69) is 16.4 Å². The van der Waals surface area contributed by atoms with Gasteiger partial charge in [-0.25, -0.2) is 4.98 Å². The minimum Gasteiger partial charge on any atom is -0.493 e. The van der Waals surface area contributed by atoms with Gasteiger partial charge in [-0.1, -0.05) is 11.6 Å². The smallest absolute Gasteiger partial charge is 0.286 e. The first-order valence-electron chi connectivity index (χ1n) is 9.41. The van der Waals surface area contributed by atoms with Gasteiger partial charge in [-0.2, -0.15) is 0 Å². The van der Waals surface area contributed by atoms with Crippen molar-refractivity contribution in [3.05, 3.63) is 56.0 Å². The van der Waals surface area contributed by atoms with Crippen LogP contribution in [-0.4, -0.2) is 29.5 Å². The van der Waals surface area contributed by atoms with Crippen LogP contribution in [0.25, 0.3) is 0 Å². The summed E-state index contributed by atoms with van der Waals surface area (Å²) in [6, 6.07) is 2.58. The number of amides is 1. The Bertz CT molecular complexity index is 896. The number of allylic oxidation sites excluding steroid dienone is 1. The van der Waals surface area contributed by atoms with Crippen LogP contribution in [0.15, 0.2) is 34.7 Å². The number of carbonyl (C=O) groups excluding carboxylic acids is 1. The molecule has 1 N–H and O–H groups in total. The lowest BCUT2D eigenvalue weighted by molar-refractivity contribution is -0.385. The molecular formula is C20H23N3O5S. The average Bonchev–Trinajstić information content (AvgIpc) is 3.26. The van der Waals surface area contributed by atoms with E-state index in [0.717, 1.165) is 19.3 Å². The molecule has 1 aliphatic rings. The molecular weight excluding hydrogens is 394 g/mol. The Hall–Kier alpha value is -2.94. The van der Waals surface area contributed by atoms with Gasteiger partial charge in [0.25, 0.3) is 11.6 Å². The number of thiazole rings is 1. The number of nitrogens with zero attached hydrogens (tertiary/aromatic N) is 2. The van der Waals surface area contributed by atoms with Crippen LogP contribution in [0.1, 0.15) is 48.2 Å². The highest BCUT2D eigenvalue weighted by atomic mass is 32.1. The van der Waals surface area contributed by atoms with Gasteiger partial charge in [0.2, 0.25) is 0 Å². The van der Waals surface area contributed by atoms with Crippen molar-refractivity contribution in [1.82, 2.24) is 10.3 Å². The highest BCUT2D eigenvalue weighted by Gasteiger charge is 2.25. The summed E-state index contributed by atoms with van der Waals surface area (Å²) in [5, 5.41) is 16.1. The van der Waals surface area contributed by atoms with Gasteiger partial charge in [0.05, 0.1) is 29.3 Å². The average molecular weight is 417 g/mol. The largest absolute Gasteiger partial charge is 0.493 e. The van der Waals surface area contributed by atoms with E-state index in [-0.39, 0.29) is 29.4 Å². The van der Waals surface area contributed by atoms with Crippen molar-refractivity contribution in [1.29, 1.82) is 0 Å². The molecule has 0 aliphatic heterocycles. The van der Waals surface area contributed by atoms with Gasteiger partial charge < -0.3 is 14.8 Å². The van der Waals surface area contributed by atoms with Crippen molar-refractivity contribution in [3.63, 3.8) is 0 Å². The van der Waals surface area contributed by atoms with Gasteiger partial charge in [-0.05, 0) is 32.1 Å². The van der Waals surface area contributed by atoms with Crippen LogP contribution in [0.5, 0.6) is 11.5 Å². The van der Waals surface area contributed by atoms with Crippen molar-refractivity contribution in [2.75, 3.05) is 13.7 Å². The van der Waals surface area contributed by atoms with Crippen molar-refractivity contribution < 1.29 is 19.2 Å². The molecule has 154 valence electrons. The van der Waals surface area contributed by atoms with E-state index in [1.54, 1.807) is 5.51 Å². The first-order valence-corrected chi connectivity index (χ1v) is 10.3. The third-order valence-electron chi connectivity index (χ3n) is 4.70. The lowest BCUT2D eigenvalue weighted by atomic mass is 9.97. The molecule has 29 heavy (non-hydrogen) atoms. The molecule has 8 nitrogen and oxygen atoms in total. The second kappa shape index (κ2) is 10.0. The van der Waals surface area contributed by atoms with Crippen LogP contribution in [0.3, 0.4) is 0 Å². The number of hydrogen-bond donors (Lipinski definition) is 1. The molecule has 0 bridgehead atoms. The second-order valence-electron chi connectivity index (χ2n) is 6.66. The lowest BCUT2D eigenvalue weighted by Gasteiger charge is -2.14. The van der Waals surface area contributed by atoms with Crippen LogP contribution >= 0.6 is 11.3 Å². The Morgan fingerprint density at radius 2 is 2.21 bits per heavy atom. The summed E-state index contributed by atoms with van der Waals surface area (Å²) in [6.45, 7) is 0.587. The van der Waals surface area contributed by atoms with E-state index in [1.165, 1.54) is 49.0 Å². The van der Waals surface area contributed by atoms with Crippen LogP contribution in [0.4, 0.5) is 5.69 Å². The summed E-state index contributed by atoms with van der Waals surface area (Å²) in [4.78, 5) is 27.7. The van der Waals surface area contributed by atoms with Gasteiger partial charge in [0.15, 0.2) is 11.5 Å². The van der Waals surface area contributed by atoms with Gasteiger partial charge in [-0.3, -0.25) is 14.9 Å². The molecule has 1 aromatic carbocycles. The number of nitrogens with one attached hydrogen (secondary N) is 1. The Balaban J connectivity index is 1.73. The predicted octanol–water partition coefficient (Wildman–Crippen LogP) is 4.26. The van der Waals surface area contributed by atoms with E-state index in [9.17, 15) is 14.9 Å². The third-order valence-corrected chi connectivity index (χ3v) is 5.33. The van der Waals surface area contributed by atoms with Gasteiger partial charge >= 0.3 is 0 Å². The van der Waals surface area contributed by atoms with Crippen LogP contribution in [-0.2, 0) is 6.61 Å². The SMILES string of the molecule is COc1cc(C(=O)NCCC2=CCCCC2)c([N+](=O)[O-])cc1OCc1cscn1. The number of nitro benzene ring substituents is 1. The molecule has 1 aromatic heterocycles. The molecule has 0 radical (unpaired) electrons. The van der Waals surface area contributed by atoms with Crippen molar-refractivity contribution in [2.45, 2.75) is 38.7 Å². The molecule has 9 heteroatoms. The Labute approximate surface area is 172 Å². The third kappa shape index (κ3) is 5.54. The van der Waals surface area contributed by atoms with E-state index < -0.39 is 10.8 Å². The number of ether oxygens (including phenoxy) is 2. The highest BCUT2D eigenvalue weighted by Crippen LogP contribution is 2.35. The first kappa shape index (κ1) is 20.8. The first-order chi connectivity index (χ1) is 14.1. The molecule has 1 heterocycles. The molecule has 2 aromatic rings. The molecule has 0 fully saturated rings. The summed E-state index contributed by atoms with van der Waals surface area (Å²) in [5.41, 5.74) is 3.33. The number of aromatic nitrogens is 1. The van der Waals surface area contributed by atoms with Gasteiger partial charge in [0, 0.05) is 18.0 Å². The fourth-order valence-electron chi connectivity index (χ4n) is 3.18. The maximum absolute atomic E-state index is 12.6. The van der Waals surface area contributed by atoms with Crippen LogP contribution in [0.2, 0.25) is 0 Å². The van der Waals surface area contributed by atoms with Crippen molar-refractivity contribution in [2.24, 2.45) is 0 Å². The van der Waals surface area contributed by atoms with Crippen LogP contribution < -0.4 is 14.8 Å². The quantitative estimate of drug-likeness (QED) is 0.371. The fraction of sp³-hybridized carbons (Fsp3) is 0.400. The number of carbonyl (C=O) groups is 1. The monoisotopic (exact) mass is 417 g/mol. The highest BCUT2D eigenvalue weighted by molar-refractivity contribution is 7.07. The summed E-state index contributed by atoms with van der Waals surface area (Å²) in [6.07, 6.45) is 7.48. The minimum absolute atomic E-state index is 0.0505. The molecule has 0 saturated carbocycles. The second-order valence-corrected chi connectivity index (χ2v) is 7.38. The zero-order chi connectivity index (χ0) is 20.6. The molecule has 1 amide bonds. The van der Waals surface area contributed by atoms with E-state index in [1.807, 2.05) is 5.38 Å². The van der Waals surface area contributed by atoms with Crippen LogP contribution in [0, 0.1) is 10.1 Å².